The van der Waals surface area contributed by atoms with Gasteiger partial charge in [0.05, 0.1) is 30.0 Å². The molecule has 1 atom stereocenters. The second-order valence-electron chi connectivity index (χ2n) is 7.07. The van der Waals surface area contributed by atoms with Gasteiger partial charge in [0.15, 0.2) is 5.75 Å². The quantitative estimate of drug-likeness (QED) is 0.501. The van der Waals surface area contributed by atoms with Crippen LogP contribution in [0, 0.1) is 6.92 Å². The molecule has 146 valence electrons. The average molecular weight is 385 g/mol. The van der Waals surface area contributed by atoms with Crippen molar-refractivity contribution in [3.8, 4) is 11.4 Å². The average Bonchev–Trinajstić information content (AvgIpc) is 3.33. The summed E-state index contributed by atoms with van der Waals surface area (Å²) in [6, 6.07) is 14.1. The number of carbonyl (C=O) groups is 1. The second-order valence-corrected chi connectivity index (χ2v) is 7.07. The van der Waals surface area contributed by atoms with Crippen molar-refractivity contribution in [3.05, 3.63) is 96.3 Å². The van der Waals surface area contributed by atoms with Crippen LogP contribution in [0.3, 0.4) is 0 Å². The van der Waals surface area contributed by atoms with Gasteiger partial charge in [-0.1, -0.05) is 36.9 Å². The number of fused-ring (bicyclic) bond motifs is 1. The highest BCUT2D eigenvalue weighted by molar-refractivity contribution is 5.92. The van der Waals surface area contributed by atoms with Gasteiger partial charge in [0, 0.05) is 12.3 Å². The Kier molecular flexibility index (Phi) is 5.29. The van der Waals surface area contributed by atoms with Gasteiger partial charge in [-0.25, -0.2) is 4.98 Å². The molecule has 0 radical (unpaired) electrons. The number of amides is 1. The van der Waals surface area contributed by atoms with Gasteiger partial charge >= 0.3 is 0 Å². The zero-order chi connectivity index (χ0) is 20.2. The number of nitrogens with one attached hydrogen (secondary N) is 1. The Labute approximate surface area is 170 Å². The monoisotopic (exact) mass is 385 g/mol. The van der Waals surface area contributed by atoms with Crippen LogP contribution in [0.2, 0.25) is 0 Å². The molecule has 3 aromatic rings. The molecule has 1 unspecified atom stereocenters. The molecule has 5 nitrogen and oxygen atoms in total. The van der Waals surface area contributed by atoms with Crippen LogP contribution in [-0.2, 0) is 11.2 Å². The maximum atomic E-state index is 12.4. The van der Waals surface area contributed by atoms with E-state index in [0.717, 1.165) is 29.8 Å². The van der Waals surface area contributed by atoms with Crippen LogP contribution in [0.1, 0.15) is 34.8 Å². The van der Waals surface area contributed by atoms with Crippen molar-refractivity contribution in [2.24, 2.45) is 0 Å². The number of rotatable bonds is 6. The van der Waals surface area contributed by atoms with Gasteiger partial charge in [0.25, 0.3) is 0 Å². The summed E-state index contributed by atoms with van der Waals surface area (Å²) < 4.78 is 7.47. The van der Waals surface area contributed by atoms with E-state index in [4.69, 9.17) is 4.74 Å². The molecule has 0 fully saturated rings. The Morgan fingerprint density at radius 3 is 2.97 bits per heavy atom. The largest absolute Gasteiger partial charge is 0.463 e. The Bertz CT molecular complexity index is 1080. The highest BCUT2D eigenvalue weighted by atomic mass is 16.5. The minimum absolute atomic E-state index is 0.0786. The van der Waals surface area contributed by atoms with Gasteiger partial charge in [0.2, 0.25) is 5.91 Å². The maximum Gasteiger partial charge on any atom is 0.244 e. The molecule has 1 aliphatic carbocycles. The number of nitrogens with zero attached hydrogens (tertiary/aromatic N) is 2. The molecule has 1 amide bonds. The number of hydrogen-bond acceptors (Lipinski definition) is 3. The number of aryl methyl sites for hydroxylation is 2. The molecule has 1 heterocycles. The van der Waals surface area contributed by atoms with Crippen LogP contribution in [-0.4, -0.2) is 15.5 Å². The first-order valence-electron chi connectivity index (χ1n) is 9.63. The number of benzene rings is 2. The van der Waals surface area contributed by atoms with Gasteiger partial charge < -0.3 is 14.6 Å². The van der Waals surface area contributed by atoms with E-state index in [9.17, 15) is 4.79 Å². The van der Waals surface area contributed by atoms with Gasteiger partial charge in [-0.3, -0.25) is 4.79 Å². The predicted octanol–water partition coefficient (Wildman–Crippen LogP) is 4.52. The molecule has 1 aliphatic rings. The van der Waals surface area contributed by atoms with Crippen LogP contribution in [0.15, 0.2) is 73.9 Å². The lowest BCUT2D eigenvalue weighted by Crippen LogP contribution is -2.25. The first-order chi connectivity index (χ1) is 14.1. The first-order valence-corrected chi connectivity index (χ1v) is 9.63. The van der Waals surface area contributed by atoms with E-state index in [2.05, 4.69) is 29.0 Å². The normalized spacial score (nSPS) is 15.3. The first kappa shape index (κ1) is 18.7. The molecule has 29 heavy (non-hydrogen) atoms. The van der Waals surface area contributed by atoms with Crippen molar-refractivity contribution in [2.75, 3.05) is 0 Å². The van der Waals surface area contributed by atoms with Crippen LogP contribution >= 0.6 is 0 Å². The minimum atomic E-state index is -0.104. The fraction of sp³-hybridized carbons (Fsp3) is 0.167. The zero-order valence-corrected chi connectivity index (χ0v) is 16.3. The maximum absolute atomic E-state index is 12.4. The molecule has 2 aromatic carbocycles. The lowest BCUT2D eigenvalue weighted by molar-refractivity contribution is -0.117. The number of aromatic nitrogens is 2. The van der Waals surface area contributed by atoms with E-state index in [-0.39, 0.29) is 11.9 Å². The van der Waals surface area contributed by atoms with E-state index >= 15 is 0 Å². The molecular formula is C24H23N3O2. The lowest BCUT2D eigenvalue weighted by atomic mass is 10.1. The fourth-order valence-corrected chi connectivity index (χ4v) is 3.68. The van der Waals surface area contributed by atoms with Crippen LogP contribution < -0.4 is 10.1 Å². The Morgan fingerprint density at radius 1 is 1.31 bits per heavy atom. The summed E-state index contributed by atoms with van der Waals surface area (Å²) in [5, 5.41) is 3.10. The van der Waals surface area contributed by atoms with E-state index in [1.165, 1.54) is 17.4 Å². The van der Waals surface area contributed by atoms with Gasteiger partial charge in [-0.2, -0.15) is 0 Å². The Hall–Kier alpha value is -3.60. The van der Waals surface area contributed by atoms with Crippen molar-refractivity contribution < 1.29 is 9.53 Å². The molecule has 5 heteroatoms. The van der Waals surface area contributed by atoms with E-state index in [1.807, 2.05) is 48.0 Å². The summed E-state index contributed by atoms with van der Waals surface area (Å²) in [6.45, 7) is 5.58. The van der Waals surface area contributed by atoms with E-state index in [0.29, 0.717) is 5.75 Å². The molecule has 1 aromatic heterocycles. The van der Waals surface area contributed by atoms with Crippen LogP contribution in [0.4, 0.5) is 0 Å². The highest BCUT2D eigenvalue weighted by Gasteiger charge is 2.22. The number of imidazole rings is 1. The van der Waals surface area contributed by atoms with E-state index < -0.39 is 0 Å². The Balaban J connectivity index is 1.48. The standard InChI is InChI=1S/C24H23N3O2/c1-3-29-23-14-18(8-12-22(23)27-15-17(2)25-16-27)9-13-24(28)26-21-11-10-19-6-4-5-7-20(19)21/h3-9,12-16,21H,1,10-11H2,2H3,(H,26,28)/b13-9+. The third-order valence-electron chi connectivity index (χ3n) is 5.06. The van der Waals surface area contributed by atoms with Crippen LogP contribution in [0.25, 0.3) is 11.8 Å². The SMILES string of the molecule is C=COc1cc(/C=C/C(=O)NC2CCc3ccccc32)ccc1-n1cnc(C)c1. The van der Waals surface area contributed by atoms with Crippen molar-refractivity contribution in [3.63, 3.8) is 0 Å². The summed E-state index contributed by atoms with van der Waals surface area (Å²) in [5.41, 5.74) is 5.18. The topological polar surface area (TPSA) is 56.1 Å². The summed E-state index contributed by atoms with van der Waals surface area (Å²) in [5.74, 6) is 0.539. The summed E-state index contributed by atoms with van der Waals surface area (Å²) >= 11 is 0. The fourth-order valence-electron chi connectivity index (χ4n) is 3.68. The lowest BCUT2D eigenvalue weighted by Gasteiger charge is -2.12. The number of carbonyl (C=O) groups excluding carboxylic acids is 1. The van der Waals surface area contributed by atoms with E-state index in [1.54, 1.807) is 18.5 Å². The molecule has 0 spiro atoms. The summed E-state index contributed by atoms with van der Waals surface area (Å²) in [7, 11) is 0. The molecule has 1 N–H and O–H groups in total. The summed E-state index contributed by atoms with van der Waals surface area (Å²) in [4.78, 5) is 16.7. The molecule has 0 bridgehead atoms. The van der Waals surface area contributed by atoms with Crippen molar-refractivity contribution in [2.45, 2.75) is 25.8 Å². The smallest absolute Gasteiger partial charge is 0.244 e. The van der Waals surface area contributed by atoms with Crippen LogP contribution in [0.5, 0.6) is 5.75 Å². The molecular weight excluding hydrogens is 362 g/mol. The molecule has 4 rings (SSSR count). The number of ether oxygens (including phenoxy) is 1. The molecule has 0 aliphatic heterocycles. The third-order valence-corrected chi connectivity index (χ3v) is 5.06. The minimum Gasteiger partial charge on any atom is -0.463 e. The van der Waals surface area contributed by atoms with Gasteiger partial charge in [-0.05, 0) is 54.7 Å². The number of hydrogen-bond donors (Lipinski definition) is 1. The molecule has 0 saturated carbocycles. The van der Waals surface area contributed by atoms with Gasteiger partial charge in [-0.15, -0.1) is 0 Å². The van der Waals surface area contributed by atoms with Crippen molar-refractivity contribution in [1.82, 2.24) is 14.9 Å². The highest BCUT2D eigenvalue weighted by Crippen LogP contribution is 2.30. The van der Waals surface area contributed by atoms with Crippen molar-refractivity contribution in [1.29, 1.82) is 0 Å². The van der Waals surface area contributed by atoms with Gasteiger partial charge in [0.1, 0.15) is 0 Å². The second kappa shape index (κ2) is 8.19. The third kappa shape index (κ3) is 4.14. The molecule has 0 saturated heterocycles. The predicted molar refractivity (Wildman–Crippen MR) is 114 cm³/mol. The zero-order valence-electron chi connectivity index (χ0n) is 16.3. The Morgan fingerprint density at radius 2 is 2.17 bits per heavy atom. The summed E-state index contributed by atoms with van der Waals surface area (Å²) in [6.07, 6.45) is 10.3. The van der Waals surface area contributed by atoms with Crippen molar-refractivity contribution >= 4 is 12.0 Å².